The average Bonchev–Trinajstić information content (AvgIpc) is 2.34. The lowest BCUT2D eigenvalue weighted by Crippen LogP contribution is -2.18. The van der Waals surface area contributed by atoms with Crippen LogP contribution in [0.4, 0.5) is 0 Å². The van der Waals surface area contributed by atoms with Gasteiger partial charge in [-0.2, -0.15) is 0 Å². The lowest BCUT2D eigenvalue weighted by Gasteiger charge is -2.04. The molecule has 0 aliphatic heterocycles. The van der Waals surface area contributed by atoms with Gasteiger partial charge in [0.05, 0.1) is 12.2 Å². The van der Waals surface area contributed by atoms with Gasteiger partial charge >= 0.3 is 5.97 Å². The molecule has 0 spiro atoms. The molecule has 1 aromatic rings. The first kappa shape index (κ1) is 13.2. The first-order chi connectivity index (χ1) is 8.13. The summed E-state index contributed by atoms with van der Waals surface area (Å²) in [5.74, 6) is -0.390. The lowest BCUT2D eigenvalue weighted by molar-refractivity contribution is -0.120. The van der Waals surface area contributed by atoms with E-state index in [2.05, 4.69) is 5.32 Å². The predicted molar refractivity (Wildman–Crippen MR) is 64.8 cm³/mol. The summed E-state index contributed by atoms with van der Waals surface area (Å²) in [4.78, 5) is 22.5. The third-order valence-corrected chi connectivity index (χ3v) is 2.35. The second-order valence-electron chi connectivity index (χ2n) is 3.78. The minimum absolute atomic E-state index is 0.0450. The molecule has 17 heavy (non-hydrogen) atoms. The van der Waals surface area contributed by atoms with E-state index in [1.165, 1.54) is 0 Å². The van der Waals surface area contributed by atoms with Crippen LogP contribution in [0.5, 0.6) is 0 Å². The molecule has 1 aromatic carbocycles. The zero-order valence-electron chi connectivity index (χ0n) is 10.2. The number of esters is 1. The van der Waals surface area contributed by atoms with Crippen LogP contribution >= 0.6 is 0 Å². The smallest absolute Gasteiger partial charge is 0.338 e. The van der Waals surface area contributed by atoms with E-state index in [9.17, 15) is 9.59 Å². The monoisotopic (exact) mass is 235 g/mol. The summed E-state index contributed by atoms with van der Waals surface area (Å²) >= 11 is 0. The number of ether oxygens (including phenoxy) is 1. The van der Waals surface area contributed by atoms with Crippen LogP contribution in [0.2, 0.25) is 0 Å². The summed E-state index contributed by atoms with van der Waals surface area (Å²) in [5, 5.41) is 2.51. The summed E-state index contributed by atoms with van der Waals surface area (Å²) in [6, 6.07) is 7.19. The summed E-state index contributed by atoms with van der Waals surface area (Å²) in [6.45, 7) is 2.22. The Hall–Kier alpha value is -1.84. The Morgan fingerprint density at radius 2 is 1.88 bits per heavy atom. The van der Waals surface area contributed by atoms with Crippen molar-refractivity contribution in [2.45, 2.75) is 19.8 Å². The van der Waals surface area contributed by atoms with Crippen LogP contribution in [0.25, 0.3) is 0 Å². The molecular weight excluding hydrogens is 218 g/mol. The second kappa shape index (κ2) is 6.68. The van der Waals surface area contributed by atoms with Gasteiger partial charge < -0.3 is 10.1 Å². The lowest BCUT2D eigenvalue weighted by atomic mass is 10.1. The fourth-order valence-corrected chi connectivity index (χ4v) is 1.30. The predicted octanol–water partition coefficient (Wildman–Crippen LogP) is 1.68. The van der Waals surface area contributed by atoms with E-state index in [-0.39, 0.29) is 18.5 Å². The normalized spacial score (nSPS) is 9.76. The molecule has 1 rings (SSSR count). The Labute approximate surface area is 101 Å². The van der Waals surface area contributed by atoms with Crippen LogP contribution in [0.1, 0.15) is 28.8 Å². The summed E-state index contributed by atoms with van der Waals surface area (Å²) in [6.07, 6.45) is 0.912. The van der Waals surface area contributed by atoms with E-state index in [0.29, 0.717) is 18.4 Å². The highest BCUT2D eigenvalue weighted by atomic mass is 16.5. The van der Waals surface area contributed by atoms with Crippen molar-refractivity contribution < 1.29 is 14.3 Å². The molecule has 0 bridgehead atoms. The number of nitrogens with one attached hydrogen (secondary N) is 1. The molecule has 0 saturated heterocycles. The van der Waals surface area contributed by atoms with E-state index in [1.807, 2.05) is 19.1 Å². The van der Waals surface area contributed by atoms with Crippen LogP contribution in [0.3, 0.4) is 0 Å². The topological polar surface area (TPSA) is 55.4 Å². The Morgan fingerprint density at radius 1 is 1.24 bits per heavy atom. The van der Waals surface area contributed by atoms with Crippen molar-refractivity contribution in [3.63, 3.8) is 0 Å². The highest BCUT2D eigenvalue weighted by Crippen LogP contribution is 2.05. The molecule has 0 aromatic heterocycles. The van der Waals surface area contributed by atoms with Gasteiger partial charge in [-0.3, -0.25) is 4.79 Å². The maximum Gasteiger partial charge on any atom is 0.338 e. The van der Waals surface area contributed by atoms with Gasteiger partial charge in [-0.15, -0.1) is 0 Å². The van der Waals surface area contributed by atoms with Gasteiger partial charge in [-0.1, -0.05) is 17.7 Å². The quantitative estimate of drug-likeness (QED) is 0.624. The van der Waals surface area contributed by atoms with Gasteiger partial charge in [0, 0.05) is 13.5 Å². The molecule has 0 unspecified atom stereocenters. The highest BCUT2D eigenvalue weighted by Gasteiger charge is 2.06. The number of aryl methyl sites for hydroxylation is 1. The Kier molecular flexibility index (Phi) is 5.20. The van der Waals surface area contributed by atoms with Gasteiger partial charge in [-0.25, -0.2) is 4.79 Å². The van der Waals surface area contributed by atoms with Crippen molar-refractivity contribution in [2.24, 2.45) is 0 Å². The molecule has 4 heteroatoms. The minimum Gasteiger partial charge on any atom is -0.462 e. The van der Waals surface area contributed by atoms with Crippen LogP contribution in [-0.4, -0.2) is 25.5 Å². The van der Waals surface area contributed by atoms with E-state index in [0.717, 1.165) is 5.56 Å². The minimum atomic E-state index is -0.345. The molecule has 92 valence electrons. The molecule has 0 aliphatic rings. The van der Waals surface area contributed by atoms with Crippen molar-refractivity contribution in [3.8, 4) is 0 Å². The van der Waals surface area contributed by atoms with E-state index in [4.69, 9.17) is 4.74 Å². The van der Waals surface area contributed by atoms with E-state index >= 15 is 0 Å². The van der Waals surface area contributed by atoms with Crippen LogP contribution in [-0.2, 0) is 9.53 Å². The van der Waals surface area contributed by atoms with Crippen molar-refractivity contribution in [1.82, 2.24) is 5.32 Å². The van der Waals surface area contributed by atoms with Crippen molar-refractivity contribution >= 4 is 11.9 Å². The molecule has 0 fully saturated rings. The molecule has 0 heterocycles. The largest absolute Gasteiger partial charge is 0.462 e. The highest BCUT2D eigenvalue weighted by molar-refractivity contribution is 5.89. The Balaban J connectivity index is 2.30. The second-order valence-corrected chi connectivity index (χ2v) is 3.78. The Morgan fingerprint density at radius 3 is 2.47 bits per heavy atom. The summed E-state index contributed by atoms with van der Waals surface area (Å²) in [7, 11) is 1.58. The zero-order chi connectivity index (χ0) is 12.7. The van der Waals surface area contributed by atoms with Crippen LogP contribution in [0, 0.1) is 6.92 Å². The first-order valence-corrected chi connectivity index (χ1v) is 5.58. The fourth-order valence-electron chi connectivity index (χ4n) is 1.30. The average molecular weight is 235 g/mol. The van der Waals surface area contributed by atoms with E-state index in [1.54, 1.807) is 19.2 Å². The van der Waals surface area contributed by atoms with Crippen molar-refractivity contribution in [2.75, 3.05) is 13.7 Å². The molecule has 0 radical (unpaired) electrons. The molecule has 1 amide bonds. The van der Waals surface area contributed by atoms with Gasteiger partial charge in [0.1, 0.15) is 0 Å². The van der Waals surface area contributed by atoms with Crippen molar-refractivity contribution in [1.29, 1.82) is 0 Å². The number of carbonyl (C=O) groups is 2. The van der Waals surface area contributed by atoms with Gasteiger partial charge in [0.25, 0.3) is 0 Å². The van der Waals surface area contributed by atoms with Crippen LogP contribution < -0.4 is 5.32 Å². The number of hydrogen-bond donors (Lipinski definition) is 1. The maximum atomic E-state index is 11.5. The van der Waals surface area contributed by atoms with Crippen LogP contribution in [0.15, 0.2) is 24.3 Å². The molecular formula is C13H17NO3. The summed E-state index contributed by atoms with van der Waals surface area (Å²) in [5.41, 5.74) is 1.64. The number of benzene rings is 1. The Bertz CT molecular complexity index is 384. The maximum absolute atomic E-state index is 11.5. The standard InChI is InChI=1S/C13H17NO3/c1-10-5-7-11(8-6-10)13(16)17-9-3-4-12(15)14-2/h5-8H,3-4,9H2,1-2H3,(H,14,15). The number of carbonyl (C=O) groups excluding carboxylic acids is 2. The third-order valence-electron chi connectivity index (χ3n) is 2.35. The number of hydrogen-bond acceptors (Lipinski definition) is 3. The third kappa shape index (κ3) is 4.68. The van der Waals surface area contributed by atoms with E-state index < -0.39 is 0 Å². The number of rotatable bonds is 5. The SMILES string of the molecule is CNC(=O)CCCOC(=O)c1ccc(C)cc1. The van der Waals surface area contributed by atoms with Gasteiger partial charge in [0.2, 0.25) is 5.91 Å². The van der Waals surface area contributed by atoms with Crippen molar-refractivity contribution in [3.05, 3.63) is 35.4 Å². The molecule has 4 nitrogen and oxygen atoms in total. The number of amides is 1. The molecule has 0 atom stereocenters. The summed E-state index contributed by atoms with van der Waals surface area (Å²) < 4.78 is 5.04. The first-order valence-electron chi connectivity index (χ1n) is 5.58. The van der Waals surface area contributed by atoms with Gasteiger partial charge in [0.15, 0.2) is 0 Å². The van der Waals surface area contributed by atoms with Gasteiger partial charge in [-0.05, 0) is 25.5 Å². The molecule has 0 saturated carbocycles. The molecule has 1 N–H and O–H groups in total. The fraction of sp³-hybridized carbons (Fsp3) is 0.385. The molecule has 0 aliphatic carbocycles. The zero-order valence-corrected chi connectivity index (χ0v) is 10.2.